The third-order valence-electron chi connectivity index (χ3n) is 4.64. The smallest absolute Gasteiger partial charge is 0.254 e. The summed E-state index contributed by atoms with van der Waals surface area (Å²) in [5.41, 5.74) is 2.07. The van der Waals surface area contributed by atoms with Gasteiger partial charge in [-0.25, -0.2) is 0 Å². The number of amides is 1. The zero-order valence-electron chi connectivity index (χ0n) is 12.4. The molecule has 1 fully saturated rings. The van der Waals surface area contributed by atoms with Gasteiger partial charge in [-0.2, -0.15) is 0 Å². The van der Waals surface area contributed by atoms with Crippen LogP contribution in [0.15, 0.2) is 47.1 Å². The molecule has 1 aromatic carbocycles. The van der Waals surface area contributed by atoms with Crippen molar-refractivity contribution in [3.05, 3.63) is 59.5 Å². The van der Waals surface area contributed by atoms with Crippen molar-refractivity contribution in [2.24, 2.45) is 0 Å². The van der Waals surface area contributed by atoms with Crippen molar-refractivity contribution < 1.29 is 9.21 Å². The summed E-state index contributed by atoms with van der Waals surface area (Å²) < 4.78 is 5.21. The van der Waals surface area contributed by atoms with E-state index in [-0.39, 0.29) is 11.3 Å². The van der Waals surface area contributed by atoms with Crippen LogP contribution in [-0.4, -0.2) is 12.5 Å². The first-order chi connectivity index (χ1) is 10.2. The molecule has 1 aliphatic carbocycles. The SMILES string of the molecule is Cc1occc1C(=O)NCC1(c2ccccc2)CCCC1. The number of hydrogen-bond donors (Lipinski definition) is 1. The molecule has 1 heterocycles. The van der Waals surface area contributed by atoms with Crippen molar-refractivity contribution in [1.82, 2.24) is 5.32 Å². The van der Waals surface area contributed by atoms with E-state index in [1.54, 1.807) is 12.3 Å². The lowest BCUT2D eigenvalue weighted by molar-refractivity contribution is 0.0941. The summed E-state index contributed by atoms with van der Waals surface area (Å²) in [6.45, 7) is 2.51. The highest BCUT2D eigenvalue weighted by Crippen LogP contribution is 2.40. The summed E-state index contributed by atoms with van der Waals surface area (Å²) in [7, 11) is 0. The molecular formula is C18H21NO2. The summed E-state index contributed by atoms with van der Waals surface area (Å²) in [6.07, 6.45) is 6.31. The Morgan fingerprint density at radius 2 is 1.90 bits per heavy atom. The van der Waals surface area contributed by atoms with Crippen LogP contribution in [0.4, 0.5) is 0 Å². The lowest BCUT2D eigenvalue weighted by Gasteiger charge is -2.30. The Morgan fingerprint density at radius 1 is 1.19 bits per heavy atom. The minimum absolute atomic E-state index is 0.0385. The van der Waals surface area contributed by atoms with Crippen LogP contribution in [0.3, 0.4) is 0 Å². The number of hydrogen-bond acceptors (Lipinski definition) is 2. The molecule has 110 valence electrons. The highest BCUT2D eigenvalue weighted by Gasteiger charge is 2.35. The third-order valence-corrected chi connectivity index (χ3v) is 4.64. The van der Waals surface area contributed by atoms with Crippen molar-refractivity contribution in [3.63, 3.8) is 0 Å². The van der Waals surface area contributed by atoms with Gasteiger partial charge < -0.3 is 9.73 Å². The molecule has 1 N–H and O–H groups in total. The second kappa shape index (κ2) is 5.76. The fourth-order valence-corrected chi connectivity index (χ4v) is 3.38. The number of nitrogens with one attached hydrogen (secondary N) is 1. The number of rotatable bonds is 4. The predicted molar refractivity (Wildman–Crippen MR) is 82.4 cm³/mol. The van der Waals surface area contributed by atoms with Crippen LogP contribution in [0.25, 0.3) is 0 Å². The number of benzene rings is 1. The minimum Gasteiger partial charge on any atom is -0.469 e. The normalized spacial score (nSPS) is 16.8. The topological polar surface area (TPSA) is 42.2 Å². The Morgan fingerprint density at radius 3 is 2.52 bits per heavy atom. The first-order valence-corrected chi connectivity index (χ1v) is 7.59. The number of carbonyl (C=O) groups excluding carboxylic acids is 1. The van der Waals surface area contributed by atoms with Gasteiger partial charge >= 0.3 is 0 Å². The maximum atomic E-state index is 12.3. The number of aryl methyl sites for hydroxylation is 1. The molecule has 3 heteroatoms. The van der Waals surface area contributed by atoms with E-state index in [1.165, 1.54) is 18.4 Å². The molecular weight excluding hydrogens is 262 g/mol. The van der Waals surface area contributed by atoms with Crippen molar-refractivity contribution >= 4 is 5.91 Å². The fraction of sp³-hybridized carbons (Fsp3) is 0.389. The van der Waals surface area contributed by atoms with Gasteiger partial charge in [-0.15, -0.1) is 0 Å². The Bertz CT molecular complexity index is 609. The molecule has 0 unspecified atom stereocenters. The fourth-order valence-electron chi connectivity index (χ4n) is 3.38. The van der Waals surface area contributed by atoms with Crippen LogP contribution in [0.2, 0.25) is 0 Å². The molecule has 21 heavy (non-hydrogen) atoms. The van der Waals surface area contributed by atoms with Gasteiger partial charge in [-0.3, -0.25) is 4.79 Å². The van der Waals surface area contributed by atoms with E-state index in [9.17, 15) is 4.79 Å². The molecule has 0 saturated heterocycles. The minimum atomic E-state index is -0.0385. The Hall–Kier alpha value is -2.03. The van der Waals surface area contributed by atoms with Crippen molar-refractivity contribution in [3.8, 4) is 0 Å². The molecule has 1 amide bonds. The zero-order valence-corrected chi connectivity index (χ0v) is 12.4. The maximum Gasteiger partial charge on any atom is 0.254 e. The van der Waals surface area contributed by atoms with Crippen LogP contribution < -0.4 is 5.32 Å². The summed E-state index contributed by atoms with van der Waals surface area (Å²) in [5.74, 6) is 0.635. The molecule has 1 saturated carbocycles. The quantitative estimate of drug-likeness (QED) is 0.926. The van der Waals surface area contributed by atoms with Crippen LogP contribution >= 0.6 is 0 Å². The lowest BCUT2D eigenvalue weighted by atomic mass is 9.79. The van der Waals surface area contributed by atoms with Gasteiger partial charge in [0, 0.05) is 12.0 Å². The average molecular weight is 283 g/mol. The molecule has 0 bridgehead atoms. The summed E-state index contributed by atoms with van der Waals surface area (Å²) in [5, 5.41) is 3.11. The van der Waals surface area contributed by atoms with Gasteiger partial charge in [0.1, 0.15) is 5.76 Å². The van der Waals surface area contributed by atoms with E-state index in [0.29, 0.717) is 17.9 Å². The van der Waals surface area contributed by atoms with Gasteiger partial charge in [0.2, 0.25) is 0 Å². The van der Waals surface area contributed by atoms with Crippen LogP contribution in [0, 0.1) is 6.92 Å². The lowest BCUT2D eigenvalue weighted by Crippen LogP contribution is -2.39. The van der Waals surface area contributed by atoms with E-state index in [2.05, 4.69) is 29.6 Å². The molecule has 0 radical (unpaired) electrons. The van der Waals surface area contributed by atoms with Gasteiger partial charge in [0.25, 0.3) is 5.91 Å². The van der Waals surface area contributed by atoms with Crippen molar-refractivity contribution in [2.45, 2.75) is 38.0 Å². The van der Waals surface area contributed by atoms with Crippen molar-refractivity contribution in [1.29, 1.82) is 0 Å². The second-order valence-electron chi connectivity index (χ2n) is 5.93. The monoisotopic (exact) mass is 283 g/mol. The number of carbonyl (C=O) groups is 1. The largest absolute Gasteiger partial charge is 0.469 e. The number of furan rings is 1. The van der Waals surface area contributed by atoms with Gasteiger partial charge in [0.05, 0.1) is 11.8 Å². The predicted octanol–water partition coefficient (Wildman–Crippen LogP) is 3.83. The van der Waals surface area contributed by atoms with Crippen LogP contribution in [0.5, 0.6) is 0 Å². The molecule has 3 rings (SSSR count). The summed E-state index contributed by atoms with van der Waals surface area (Å²) >= 11 is 0. The van der Waals surface area contributed by atoms with E-state index in [0.717, 1.165) is 12.8 Å². The molecule has 0 spiro atoms. The standard InChI is InChI=1S/C18H21NO2/c1-14-16(9-12-21-14)17(20)19-13-18(10-5-6-11-18)15-7-3-2-4-8-15/h2-4,7-9,12H,5-6,10-11,13H2,1H3,(H,19,20). The highest BCUT2D eigenvalue weighted by molar-refractivity contribution is 5.95. The van der Waals surface area contributed by atoms with Crippen LogP contribution in [-0.2, 0) is 5.41 Å². The Labute approximate surface area is 125 Å². The molecule has 0 aliphatic heterocycles. The van der Waals surface area contributed by atoms with Crippen LogP contribution in [0.1, 0.15) is 47.4 Å². The zero-order chi connectivity index (χ0) is 14.7. The molecule has 1 aromatic heterocycles. The molecule has 3 nitrogen and oxygen atoms in total. The summed E-state index contributed by atoms with van der Waals surface area (Å²) in [4.78, 5) is 12.3. The Balaban J connectivity index is 1.75. The summed E-state index contributed by atoms with van der Waals surface area (Å²) in [6, 6.07) is 12.3. The second-order valence-corrected chi connectivity index (χ2v) is 5.93. The van der Waals surface area contributed by atoms with Gasteiger partial charge in [0.15, 0.2) is 0 Å². The van der Waals surface area contributed by atoms with Gasteiger partial charge in [-0.1, -0.05) is 43.2 Å². The molecule has 1 aliphatic rings. The van der Waals surface area contributed by atoms with Crippen molar-refractivity contribution in [2.75, 3.05) is 6.54 Å². The van der Waals surface area contributed by atoms with E-state index >= 15 is 0 Å². The van der Waals surface area contributed by atoms with E-state index in [1.807, 2.05) is 13.0 Å². The first kappa shape index (κ1) is 13.9. The first-order valence-electron chi connectivity index (χ1n) is 7.59. The van der Waals surface area contributed by atoms with E-state index in [4.69, 9.17) is 4.42 Å². The molecule has 0 atom stereocenters. The average Bonchev–Trinajstić information content (AvgIpc) is 3.15. The molecule has 2 aromatic rings. The maximum absolute atomic E-state index is 12.3. The Kier molecular flexibility index (Phi) is 3.82. The third kappa shape index (κ3) is 2.73. The van der Waals surface area contributed by atoms with E-state index < -0.39 is 0 Å². The van der Waals surface area contributed by atoms with Gasteiger partial charge in [-0.05, 0) is 31.4 Å². The highest BCUT2D eigenvalue weighted by atomic mass is 16.3.